The molecule has 2 aliphatic heterocycles. The van der Waals surface area contributed by atoms with Crippen molar-refractivity contribution in [2.45, 2.75) is 19.1 Å². The maximum absolute atomic E-state index is 12.0. The van der Waals surface area contributed by atoms with Crippen molar-refractivity contribution in [3.8, 4) is 0 Å². The molecule has 17 heavy (non-hydrogen) atoms. The Hall–Kier alpha value is -1.92. The summed E-state index contributed by atoms with van der Waals surface area (Å²) in [5, 5.41) is 0. The first-order valence-corrected chi connectivity index (χ1v) is 5.26. The molecule has 0 aliphatic carbocycles. The van der Waals surface area contributed by atoms with Gasteiger partial charge in [0.05, 0.1) is 12.9 Å². The van der Waals surface area contributed by atoms with Gasteiger partial charge in [0, 0.05) is 14.1 Å². The zero-order chi connectivity index (χ0) is 12.7. The topological polar surface area (TPSA) is 73.3 Å². The minimum Gasteiger partial charge on any atom is -0.340 e. The van der Waals surface area contributed by atoms with Crippen LogP contribution in [0.1, 0.15) is 6.92 Å². The standard InChI is InChI=1S/C10H14N4O3/c1-6(15)4-14-5-11-8-7(14)9(16)13(3)10(17)12(8)2/h5,7-8H,4H2,1-3H3. The number of carbonyl (C=O) groups excluding carboxylic acids is 3. The Morgan fingerprint density at radius 1 is 1.41 bits per heavy atom. The van der Waals surface area contributed by atoms with E-state index in [0.717, 1.165) is 4.90 Å². The number of Topliss-reactive ketones (excluding diaryl/α,β-unsaturated/α-hetero) is 1. The normalized spacial score (nSPS) is 27.8. The molecule has 3 amide bonds. The molecule has 0 aromatic carbocycles. The van der Waals surface area contributed by atoms with Gasteiger partial charge in [-0.1, -0.05) is 0 Å². The second-order valence-electron chi connectivity index (χ2n) is 4.29. The van der Waals surface area contributed by atoms with Gasteiger partial charge in [-0.2, -0.15) is 0 Å². The van der Waals surface area contributed by atoms with Crippen LogP contribution in [0.3, 0.4) is 0 Å². The van der Waals surface area contributed by atoms with Crippen molar-refractivity contribution in [3.63, 3.8) is 0 Å². The average molecular weight is 238 g/mol. The van der Waals surface area contributed by atoms with Gasteiger partial charge < -0.3 is 9.80 Å². The maximum Gasteiger partial charge on any atom is 0.328 e. The van der Waals surface area contributed by atoms with Crippen molar-refractivity contribution in [1.29, 1.82) is 0 Å². The van der Waals surface area contributed by atoms with E-state index in [1.54, 1.807) is 11.9 Å². The molecule has 1 saturated heterocycles. The molecule has 2 unspecified atom stereocenters. The Labute approximate surface area is 98.7 Å². The number of urea groups is 1. The zero-order valence-electron chi connectivity index (χ0n) is 9.95. The van der Waals surface area contributed by atoms with Gasteiger partial charge in [-0.05, 0) is 6.92 Å². The van der Waals surface area contributed by atoms with Crippen LogP contribution in [0.2, 0.25) is 0 Å². The first-order chi connectivity index (χ1) is 7.93. The van der Waals surface area contributed by atoms with E-state index in [9.17, 15) is 14.4 Å². The summed E-state index contributed by atoms with van der Waals surface area (Å²) in [7, 11) is 3.03. The first kappa shape index (κ1) is 11.6. The molecule has 2 rings (SSSR count). The summed E-state index contributed by atoms with van der Waals surface area (Å²) >= 11 is 0. The van der Waals surface area contributed by atoms with Crippen LogP contribution < -0.4 is 0 Å². The number of rotatable bonds is 2. The fourth-order valence-electron chi connectivity index (χ4n) is 2.10. The van der Waals surface area contributed by atoms with Crippen LogP contribution in [-0.4, -0.2) is 71.6 Å². The molecule has 7 nitrogen and oxygen atoms in total. The van der Waals surface area contributed by atoms with E-state index >= 15 is 0 Å². The largest absolute Gasteiger partial charge is 0.340 e. The number of nitrogens with zero attached hydrogens (tertiary/aromatic N) is 4. The van der Waals surface area contributed by atoms with E-state index in [1.165, 1.54) is 25.2 Å². The fraction of sp³-hybridized carbons (Fsp3) is 0.600. The summed E-state index contributed by atoms with van der Waals surface area (Å²) in [6.45, 7) is 1.58. The molecule has 0 saturated carbocycles. The second kappa shape index (κ2) is 3.83. The summed E-state index contributed by atoms with van der Waals surface area (Å²) in [6, 6.07) is -0.954. The predicted molar refractivity (Wildman–Crippen MR) is 59.4 cm³/mol. The van der Waals surface area contributed by atoms with E-state index < -0.39 is 12.2 Å². The lowest BCUT2D eigenvalue weighted by atomic mass is 10.1. The van der Waals surface area contributed by atoms with Gasteiger partial charge in [-0.3, -0.25) is 14.5 Å². The molecule has 0 aromatic rings. The number of likely N-dealkylation sites (N-methyl/N-ethyl adjacent to an activating group) is 2. The Kier molecular flexibility index (Phi) is 2.60. The van der Waals surface area contributed by atoms with Gasteiger partial charge in [0.2, 0.25) is 0 Å². The molecule has 1 fully saturated rings. The Morgan fingerprint density at radius 2 is 2.06 bits per heavy atom. The third kappa shape index (κ3) is 1.67. The number of amides is 3. The fourth-order valence-corrected chi connectivity index (χ4v) is 2.10. The number of imide groups is 1. The molecule has 0 aromatic heterocycles. The summed E-state index contributed by atoms with van der Waals surface area (Å²) < 4.78 is 0. The second-order valence-corrected chi connectivity index (χ2v) is 4.29. The van der Waals surface area contributed by atoms with Gasteiger partial charge >= 0.3 is 6.03 Å². The van der Waals surface area contributed by atoms with Crippen molar-refractivity contribution < 1.29 is 14.4 Å². The number of hydrogen-bond acceptors (Lipinski definition) is 5. The van der Waals surface area contributed by atoms with Crippen molar-refractivity contribution in [2.75, 3.05) is 20.6 Å². The molecule has 0 spiro atoms. The van der Waals surface area contributed by atoms with E-state index in [-0.39, 0.29) is 24.3 Å². The van der Waals surface area contributed by atoms with Crippen LogP contribution in [0.5, 0.6) is 0 Å². The molecule has 2 aliphatic rings. The van der Waals surface area contributed by atoms with E-state index in [0.29, 0.717) is 0 Å². The monoisotopic (exact) mass is 238 g/mol. The lowest BCUT2D eigenvalue weighted by molar-refractivity contribution is -0.136. The molecular weight excluding hydrogens is 224 g/mol. The number of ketones is 1. The van der Waals surface area contributed by atoms with Crippen LogP contribution in [0, 0.1) is 0 Å². The number of carbonyl (C=O) groups is 3. The Morgan fingerprint density at radius 3 is 2.65 bits per heavy atom. The van der Waals surface area contributed by atoms with Crippen LogP contribution in [-0.2, 0) is 9.59 Å². The van der Waals surface area contributed by atoms with Gasteiger partial charge in [-0.25, -0.2) is 9.79 Å². The summed E-state index contributed by atoms with van der Waals surface area (Å²) in [6.07, 6.45) is 0.947. The van der Waals surface area contributed by atoms with Gasteiger partial charge in [-0.15, -0.1) is 0 Å². The molecule has 7 heteroatoms. The third-order valence-corrected chi connectivity index (χ3v) is 2.98. The Bertz CT molecular complexity index is 420. The van der Waals surface area contributed by atoms with Gasteiger partial charge in [0.25, 0.3) is 5.91 Å². The highest BCUT2D eigenvalue weighted by molar-refractivity contribution is 6.02. The minimum absolute atomic E-state index is 0.0490. The number of aliphatic imine (C=N–C) groups is 1. The van der Waals surface area contributed by atoms with Crippen molar-refractivity contribution in [2.24, 2.45) is 4.99 Å². The average Bonchev–Trinajstić information content (AvgIpc) is 2.66. The molecule has 2 heterocycles. The first-order valence-electron chi connectivity index (χ1n) is 5.26. The smallest absolute Gasteiger partial charge is 0.328 e. The highest BCUT2D eigenvalue weighted by atomic mass is 16.2. The third-order valence-electron chi connectivity index (χ3n) is 2.98. The number of fused-ring (bicyclic) bond motifs is 1. The molecule has 0 N–H and O–H groups in total. The zero-order valence-corrected chi connectivity index (χ0v) is 9.95. The van der Waals surface area contributed by atoms with E-state index in [2.05, 4.69) is 4.99 Å². The van der Waals surface area contributed by atoms with Gasteiger partial charge in [0.15, 0.2) is 12.2 Å². The molecule has 92 valence electrons. The maximum atomic E-state index is 12.0. The highest BCUT2D eigenvalue weighted by Crippen LogP contribution is 2.24. The van der Waals surface area contributed by atoms with Crippen molar-refractivity contribution in [1.82, 2.24) is 14.7 Å². The van der Waals surface area contributed by atoms with Gasteiger partial charge in [0.1, 0.15) is 5.78 Å². The molecule has 2 atom stereocenters. The summed E-state index contributed by atoms with van der Waals surface area (Å²) in [5.41, 5.74) is 0. The predicted octanol–water partition coefficient (Wildman–Crippen LogP) is -0.862. The summed E-state index contributed by atoms with van der Waals surface area (Å²) in [4.78, 5) is 42.9. The lowest BCUT2D eigenvalue weighted by Gasteiger charge is -2.39. The quantitative estimate of drug-likeness (QED) is 0.627. The minimum atomic E-state index is -0.577. The van der Waals surface area contributed by atoms with E-state index in [1.807, 2.05) is 0 Å². The van der Waals surface area contributed by atoms with Crippen LogP contribution in [0.25, 0.3) is 0 Å². The Balaban J connectivity index is 2.26. The van der Waals surface area contributed by atoms with Crippen LogP contribution >= 0.6 is 0 Å². The summed E-state index contributed by atoms with van der Waals surface area (Å²) in [5.74, 6) is -0.371. The molecule has 0 radical (unpaired) electrons. The molecular formula is C10H14N4O3. The van der Waals surface area contributed by atoms with Crippen LogP contribution in [0.4, 0.5) is 4.79 Å². The van der Waals surface area contributed by atoms with Crippen molar-refractivity contribution in [3.05, 3.63) is 0 Å². The van der Waals surface area contributed by atoms with Crippen molar-refractivity contribution >= 4 is 24.1 Å². The number of hydrogen-bond donors (Lipinski definition) is 0. The lowest BCUT2D eigenvalue weighted by Crippen LogP contribution is -2.63. The van der Waals surface area contributed by atoms with E-state index in [4.69, 9.17) is 0 Å². The molecule has 0 bridgehead atoms. The SMILES string of the molecule is CC(=O)CN1C=NC2C1C(=O)N(C)C(=O)N2C. The van der Waals surface area contributed by atoms with Crippen LogP contribution in [0.15, 0.2) is 4.99 Å². The highest BCUT2D eigenvalue weighted by Gasteiger charge is 2.48.